The Morgan fingerprint density at radius 1 is 2.00 bits per heavy atom. The van der Waals surface area contributed by atoms with Crippen LogP contribution in [0.25, 0.3) is 0 Å². The second kappa shape index (κ2) is 1.96. The molecule has 42 valence electrons. The molecule has 0 saturated carbocycles. The second-order valence-electron chi connectivity index (χ2n) is 1.61. The zero-order valence-electron chi connectivity index (χ0n) is 4.57. The summed E-state index contributed by atoms with van der Waals surface area (Å²) < 4.78 is 0. The maximum absolute atomic E-state index is 4.16. The molecule has 0 aromatic heterocycles. The molecule has 1 rings (SSSR count). The number of rotatable bonds is 1. The van der Waals surface area contributed by atoms with Gasteiger partial charge in [0, 0.05) is 14.4 Å². The first-order valence-electron chi connectivity index (χ1n) is 2.70. The summed E-state index contributed by atoms with van der Waals surface area (Å²) in [5.74, 6) is 1.17. The van der Waals surface area contributed by atoms with Crippen LogP contribution in [0, 0.1) is 0 Å². The number of nitrogens with zero attached hydrogens (tertiary/aromatic N) is 1. The Kier molecular flexibility index (Phi) is 1.29. The molecule has 0 amide bonds. The molecule has 0 aliphatic carbocycles. The van der Waals surface area contributed by atoms with Crippen LogP contribution in [0.5, 0.6) is 0 Å². The third kappa shape index (κ3) is 0.918. The second-order valence-corrected chi connectivity index (χ2v) is 1.61. The normalized spacial score (nSPS) is 18.7. The summed E-state index contributed by atoms with van der Waals surface area (Å²) in [6.07, 6.45) is 1.06. The van der Waals surface area contributed by atoms with Crippen molar-refractivity contribution in [2.75, 3.05) is 13.1 Å². The Balaban J connectivity index is 0.000000490. The van der Waals surface area contributed by atoms with Gasteiger partial charge >= 0.3 is 0 Å². The first-order valence-corrected chi connectivity index (χ1v) is 2.70. The molecule has 1 heterocycles. The molecule has 0 aromatic rings. The van der Waals surface area contributed by atoms with Gasteiger partial charge < -0.3 is 5.32 Å². The zero-order chi connectivity index (χ0) is 5.11. The molecule has 0 aromatic carbocycles. The minimum atomic E-state index is 0. The van der Waals surface area contributed by atoms with Gasteiger partial charge in [0.25, 0.3) is 0 Å². The van der Waals surface area contributed by atoms with Crippen LogP contribution in [-0.2, 0) is 0 Å². The molecule has 0 atom stereocenters. The van der Waals surface area contributed by atoms with Crippen molar-refractivity contribution in [2.24, 2.45) is 4.99 Å². The quantitative estimate of drug-likeness (QED) is 0.514. The third-order valence-corrected chi connectivity index (χ3v) is 1.08. The Labute approximate surface area is 45.1 Å². The van der Waals surface area contributed by atoms with E-state index in [9.17, 15) is 0 Å². The summed E-state index contributed by atoms with van der Waals surface area (Å²) in [5, 5.41) is 3.16. The number of amidine groups is 1. The zero-order valence-corrected chi connectivity index (χ0v) is 4.57. The molecule has 0 bridgehead atoms. The van der Waals surface area contributed by atoms with Crippen molar-refractivity contribution in [1.82, 2.24) is 5.32 Å². The molecule has 0 radical (unpaired) electrons. The van der Waals surface area contributed by atoms with Gasteiger partial charge in [0.1, 0.15) is 0 Å². The molecule has 2 heteroatoms. The van der Waals surface area contributed by atoms with Gasteiger partial charge in [-0.15, -0.1) is 0 Å². The standard InChI is InChI=1S/C5H10N2.H2/c1-2-5-6-3-4-7-5;/h2-4H2,1H3,(H,6,7);1H. The van der Waals surface area contributed by atoms with E-state index in [0.29, 0.717) is 0 Å². The van der Waals surface area contributed by atoms with Crippen molar-refractivity contribution in [3.8, 4) is 0 Å². The summed E-state index contributed by atoms with van der Waals surface area (Å²) in [5.41, 5.74) is 0. The van der Waals surface area contributed by atoms with Gasteiger partial charge in [-0.2, -0.15) is 0 Å². The van der Waals surface area contributed by atoms with Crippen LogP contribution in [0.3, 0.4) is 0 Å². The van der Waals surface area contributed by atoms with E-state index in [0.717, 1.165) is 19.5 Å². The Hall–Kier alpha value is -0.530. The maximum Gasteiger partial charge on any atom is 0.0961 e. The highest BCUT2D eigenvalue weighted by Gasteiger charge is 1.98. The van der Waals surface area contributed by atoms with E-state index in [-0.39, 0.29) is 1.43 Å². The average molecular weight is 100 g/mol. The number of hydrogen-bond donors (Lipinski definition) is 1. The molecule has 7 heavy (non-hydrogen) atoms. The van der Waals surface area contributed by atoms with Crippen LogP contribution >= 0.6 is 0 Å². The molecule has 2 nitrogen and oxygen atoms in total. The Morgan fingerprint density at radius 3 is 3.14 bits per heavy atom. The van der Waals surface area contributed by atoms with Crippen molar-refractivity contribution >= 4 is 5.84 Å². The van der Waals surface area contributed by atoms with Crippen molar-refractivity contribution in [1.29, 1.82) is 0 Å². The van der Waals surface area contributed by atoms with Gasteiger partial charge in [0.15, 0.2) is 0 Å². The smallest absolute Gasteiger partial charge is 0.0961 e. The summed E-state index contributed by atoms with van der Waals surface area (Å²) in [7, 11) is 0. The molecular weight excluding hydrogens is 88.1 g/mol. The van der Waals surface area contributed by atoms with Crippen molar-refractivity contribution in [2.45, 2.75) is 13.3 Å². The molecule has 1 aliphatic rings. The van der Waals surface area contributed by atoms with E-state index in [1.807, 2.05) is 0 Å². The lowest BCUT2D eigenvalue weighted by atomic mass is 10.4. The molecule has 0 fully saturated rings. The van der Waals surface area contributed by atoms with Gasteiger partial charge in [0.2, 0.25) is 0 Å². The fourth-order valence-corrected chi connectivity index (χ4v) is 0.684. The Bertz CT molecular complexity index is 90.4. The van der Waals surface area contributed by atoms with E-state index < -0.39 is 0 Å². The minimum absolute atomic E-state index is 0. The van der Waals surface area contributed by atoms with Crippen LogP contribution in [0.15, 0.2) is 4.99 Å². The maximum atomic E-state index is 4.16. The van der Waals surface area contributed by atoms with E-state index in [4.69, 9.17) is 0 Å². The first kappa shape index (κ1) is 4.62. The van der Waals surface area contributed by atoms with E-state index in [1.54, 1.807) is 0 Å². The van der Waals surface area contributed by atoms with E-state index in [1.165, 1.54) is 5.84 Å². The van der Waals surface area contributed by atoms with Gasteiger partial charge in [0.05, 0.1) is 12.4 Å². The number of nitrogens with one attached hydrogen (secondary N) is 1. The number of aliphatic imine (C=N–C) groups is 1. The predicted molar refractivity (Wildman–Crippen MR) is 32.7 cm³/mol. The molecule has 1 aliphatic heterocycles. The Morgan fingerprint density at radius 2 is 2.86 bits per heavy atom. The first-order chi connectivity index (χ1) is 3.43. The van der Waals surface area contributed by atoms with E-state index in [2.05, 4.69) is 17.2 Å². The van der Waals surface area contributed by atoms with Crippen LogP contribution in [0.1, 0.15) is 14.8 Å². The van der Waals surface area contributed by atoms with Crippen LogP contribution < -0.4 is 5.32 Å². The van der Waals surface area contributed by atoms with Crippen molar-refractivity contribution in [3.63, 3.8) is 0 Å². The third-order valence-electron chi connectivity index (χ3n) is 1.08. The van der Waals surface area contributed by atoms with Gasteiger partial charge in [-0.3, -0.25) is 4.99 Å². The topological polar surface area (TPSA) is 24.4 Å². The average Bonchev–Trinajstić information content (AvgIpc) is 2.14. The summed E-state index contributed by atoms with van der Waals surface area (Å²) in [6.45, 7) is 4.13. The van der Waals surface area contributed by atoms with Crippen LogP contribution in [-0.4, -0.2) is 18.9 Å². The predicted octanol–water partition coefficient (Wildman–Crippen LogP) is 0.644. The lowest BCUT2D eigenvalue weighted by Gasteiger charge is -1.91. The van der Waals surface area contributed by atoms with Crippen LogP contribution in [0.4, 0.5) is 0 Å². The highest BCUT2D eigenvalue weighted by atomic mass is 15.1. The highest BCUT2D eigenvalue weighted by Crippen LogP contribution is 1.87. The SMILES string of the molecule is CCC1=NCCN1.[HH]. The molecule has 1 N–H and O–H groups in total. The van der Waals surface area contributed by atoms with Gasteiger partial charge in [-0.25, -0.2) is 0 Å². The lowest BCUT2D eigenvalue weighted by Crippen LogP contribution is -2.16. The minimum Gasteiger partial charge on any atom is -0.372 e. The lowest BCUT2D eigenvalue weighted by molar-refractivity contribution is 0.951. The van der Waals surface area contributed by atoms with Crippen LogP contribution in [0.2, 0.25) is 0 Å². The number of hydrogen-bond acceptors (Lipinski definition) is 2. The summed E-state index contributed by atoms with van der Waals surface area (Å²) in [4.78, 5) is 4.16. The fraction of sp³-hybridized carbons (Fsp3) is 0.800. The molecule has 0 unspecified atom stereocenters. The monoisotopic (exact) mass is 100 g/mol. The molecule has 0 saturated heterocycles. The van der Waals surface area contributed by atoms with Gasteiger partial charge in [-0.05, 0) is 0 Å². The fourth-order valence-electron chi connectivity index (χ4n) is 0.684. The van der Waals surface area contributed by atoms with Gasteiger partial charge in [-0.1, -0.05) is 6.92 Å². The molecular formula is C5H12N2. The van der Waals surface area contributed by atoms with Crippen molar-refractivity contribution in [3.05, 3.63) is 0 Å². The largest absolute Gasteiger partial charge is 0.372 e. The van der Waals surface area contributed by atoms with E-state index >= 15 is 0 Å². The van der Waals surface area contributed by atoms with Crippen molar-refractivity contribution < 1.29 is 1.43 Å². The summed E-state index contributed by atoms with van der Waals surface area (Å²) in [6, 6.07) is 0. The highest BCUT2D eigenvalue weighted by molar-refractivity contribution is 5.83. The summed E-state index contributed by atoms with van der Waals surface area (Å²) >= 11 is 0. The molecule has 0 spiro atoms.